The SMILES string of the molecule is CCCCCCCCN=c1ccn(CCCCCCCCn2ccc(=NCCCCCCCC)cc2)cc1. The van der Waals surface area contributed by atoms with Crippen molar-refractivity contribution in [3.05, 3.63) is 59.8 Å². The van der Waals surface area contributed by atoms with Gasteiger partial charge in [-0.15, -0.1) is 0 Å². The second kappa shape index (κ2) is 22.8. The van der Waals surface area contributed by atoms with Crippen molar-refractivity contribution in [1.82, 2.24) is 9.13 Å². The predicted octanol–water partition coefficient (Wildman–Crippen LogP) is 8.85. The molecule has 0 saturated heterocycles. The maximum absolute atomic E-state index is 4.74. The highest BCUT2D eigenvalue weighted by Crippen LogP contribution is 2.08. The van der Waals surface area contributed by atoms with Gasteiger partial charge in [-0.3, -0.25) is 9.98 Å². The second-order valence-corrected chi connectivity index (χ2v) is 11.0. The van der Waals surface area contributed by atoms with Crippen LogP contribution in [0.15, 0.2) is 59.0 Å². The van der Waals surface area contributed by atoms with Crippen LogP contribution >= 0.6 is 0 Å². The van der Waals surface area contributed by atoms with Crippen LogP contribution in [0.1, 0.15) is 129 Å². The molecule has 0 radical (unpaired) electrons. The van der Waals surface area contributed by atoms with Crippen LogP contribution in [0.5, 0.6) is 0 Å². The number of nitrogens with zero attached hydrogens (tertiary/aromatic N) is 4. The first kappa shape index (κ1) is 32.1. The Morgan fingerprint density at radius 3 is 1.11 bits per heavy atom. The largest absolute Gasteiger partial charge is 0.354 e. The molecule has 0 amide bonds. The van der Waals surface area contributed by atoms with Crippen LogP contribution in [0.4, 0.5) is 0 Å². The summed E-state index contributed by atoms with van der Waals surface area (Å²) in [6.07, 6.45) is 32.6. The van der Waals surface area contributed by atoms with E-state index in [-0.39, 0.29) is 0 Å². The number of aryl methyl sites for hydroxylation is 2. The lowest BCUT2D eigenvalue weighted by Crippen LogP contribution is -2.07. The molecule has 0 aromatic carbocycles. The smallest absolute Gasteiger partial charge is 0.0603 e. The van der Waals surface area contributed by atoms with Crippen LogP contribution in [0.3, 0.4) is 0 Å². The Morgan fingerprint density at radius 2 is 0.737 bits per heavy atom. The highest BCUT2D eigenvalue weighted by atomic mass is 14.9. The van der Waals surface area contributed by atoms with E-state index in [9.17, 15) is 0 Å². The molecule has 214 valence electrons. The maximum atomic E-state index is 4.74. The van der Waals surface area contributed by atoms with Crippen LogP contribution < -0.4 is 10.7 Å². The average Bonchev–Trinajstić information content (AvgIpc) is 2.95. The Balaban J connectivity index is 1.46. The van der Waals surface area contributed by atoms with Crippen molar-refractivity contribution in [3.63, 3.8) is 0 Å². The molecule has 0 unspecified atom stereocenters. The highest BCUT2D eigenvalue weighted by molar-refractivity contribution is 4.94. The predicted molar refractivity (Wildman–Crippen MR) is 164 cm³/mol. The number of hydrogen-bond donors (Lipinski definition) is 0. The van der Waals surface area contributed by atoms with Crippen LogP contribution in [0.2, 0.25) is 0 Å². The Kier molecular flexibility index (Phi) is 19.3. The van der Waals surface area contributed by atoms with E-state index >= 15 is 0 Å². The van der Waals surface area contributed by atoms with E-state index in [1.165, 1.54) is 116 Å². The third-order valence-electron chi connectivity index (χ3n) is 7.44. The molecule has 0 aliphatic carbocycles. The second-order valence-electron chi connectivity index (χ2n) is 11.0. The van der Waals surface area contributed by atoms with Gasteiger partial charge in [-0.25, -0.2) is 0 Å². The summed E-state index contributed by atoms with van der Waals surface area (Å²) in [5.41, 5.74) is 0. The minimum absolute atomic E-state index is 0.967. The standard InChI is InChI=1S/C34H58N4/c1-3-5-7-9-13-17-25-35-33-21-29-37(30-22-33)27-19-15-11-12-16-20-28-38-31-23-34(24-32-38)36-26-18-14-10-8-6-4-2/h21-24,29-32H,3-20,25-28H2,1-2H3. The van der Waals surface area contributed by atoms with E-state index in [2.05, 4.69) is 72.0 Å². The van der Waals surface area contributed by atoms with Gasteiger partial charge < -0.3 is 9.13 Å². The Morgan fingerprint density at radius 1 is 0.421 bits per heavy atom. The number of unbranched alkanes of at least 4 members (excludes halogenated alkanes) is 15. The van der Waals surface area contributed by atoms with Gasteiger partial charge in [0.25, 0.3) is 0 Å². The van der Waals surface area contributed by atoms with Crippen molar-refractivity contribution < 1.29 is 0 Å². The summed E-state index contributed by atoms with van der Waals surface area (Å²) in [7, 11) is 0. The van der Waals surface area contributed by atoms with Crippen molar-refractivity contribution in [2.75, 3.05) is 13.1 Å². The molecule has 4 nitrogen and oxygen atoms in total. The molecule has 0 saturated carbocycles. The first-order valence-corrected chi connectivity index (χ1v) is 16.1. The van der Waals surface area contributed by atoms with Crippen molar-refractivity contribution in [3.8, 4) is 0 Å². The molecule has 0 aliphatic heterocycles. The molecule has 2 rings (SSSR count). The van der Waals surface area contributed by atoms with Gasteiger partial charge in [-0.05, 0) is 49.9 Å². The van der Waals surface area contributed by atoms with Crippen molar-refractivity contribution in [2.45, 2.75) is 143 Å². The molecule has 0 bridgehead atoms. The zero-order valence-corrected chi connectivity index (χ0v) is 25.0. The minimum atomic E-state index is 0.967. The average molecular weight is 523 g/mol. The van der Waals surface area contributed by atoms with Crippen molar-refractivity contribution >= 4 is 0 Å². The Labute approximate surface area is 234 Å². The van der Waals surface area contributed by atoms with E-state index in [0.29, 0.717) is 0 Å². The van der Waals surface area contributed by atoms with Gasteiger partial charge >= 0.3 is 0 Å². The number of aromatic nitrogens is 2. The lowest BCUT2D eigenvalue weighted by molar-refractivity contribution is 0.529. The van der Waals surface area contributed by atoms with Gasteiger partial charge in [-0.1, -0.05) is 104 Å². The van der Waals surface area contributed by atoms with E-state index in [0.717, 1.165) is 36.9 Å². The quantitative estimate of drug-likeness (QED) is 0.131. The molecule has 2 heterocycles. The molecule has 2 aromatic rings. The van der Waals surface area contributed by atoms with Crippen LogP contribution in [0, 0.1) is 0 Å². The zero-order valence-electron chi connectivity index (χ0n) is 25.0. The molecule has 38 heavy (non-hydrogen) atoms. The molecular formula is C34H58N4. The summed E-state index contributed by atoms with van der Waals surface area (Å²) in [6.45, 7) is 8.71. The van der Waals surface area contributed by atoms with Crippen LogP contribution in [0.25, 0.3) is 0 Å². The lowest BCUT2D eigenvalue weighted by Gasteiger charge is -2.07. The van der Waals surface area contributed by atoms with Crippen molar-refractivity contribution in [1.29, 1.82) is 0 Å². The summed E-state index contributed by atoms with van der Waals surface area (Å²) in [5, 5.41) is 2.26. The normalized spacial score (nSPS) is 11.1. The summed E-state index contributed by atoms with van der Waals surface area (Å²) in [4.78, 5) is 9.47. The minimum Gasteiger partial charge on any atom is -0.354 e. The van der Waals surface area contributed by atoms with Gasteiger partial charge in [0.1, 0.15) is 0 Å². The summed E-state index contributed by atoms with van der Waals surface area (Å²) in [6, 6.07) is 8.69. The fourth-order valence-electron chi connectivity index (χ4n) is 4.90. The molecular weight excluding hydrogens is 464 g/mol. The van der Waals surface area contributed by atoms with E-state index in [1.807, 2.05) is 0 Å². The third-order valence-corrected chi connectivity index (χ3v) is 7.44. The monoisotopic (exact) mass is 522 g/mol. The summed E-state index contributed by atoms with van der Waals surface area (Å²) >= 11 is 0. The van der Waals surface area contributed by atoms with Crippen LogP contribution in [-0.4, -0.2) is 22.2 Å². The fraction of sp³-hybridized carbons (Fsp3) is 0.706. The van der Waals surface area contributed by atoms with Crippen LogP contribution in [-0.2, 0) is 13.1 Å². The Hall–Kier alpha value is -2.10. The number of pyridine rings is 2. The first-order valence-electron chi connectivity index (χ1n) is 16.1. The maximum Gasteiger partial charge on any atom is 0.0603 e. The molecule has 0 N–H and O–H groups in total. The molecule has 2 aromatic heterocycles. The van der Waals surface area contributed by atoms with E-state index in [4.69, 9.17) is 9.98 Å². The van der Waals surface area contributed by atoms with Gasteiger partial charge in [-0.2, -0.15) is 0 Å². The fourth-order valence-corrected chi connectivity index (χ4v) is 4.90. The zero-order chi connectivity index (χ0) is 26.9. The molecule has 0 fully saturated rings. The van der Waals surface area contributed by atoms with Gasteiger partial charge in [0.2, 0.25) is 0 Å². The first-order chi connectivity index (χ1) is 18.8. The van der Waals surface area contributed by atoms with E-state index < -0.39 is 0 Å². The van der Waals surface area contributed by atoms with Gasteiger partial charge in [0.15, 0.2) is 0 Å². The molecule has 0 aliphatic rings. The Bertz CT molecular complexity index is 821. The van der Waals surface area contributed by atoms with Gasteiger partial charge in [0.05, 0.1) is 10.7 Å². The lowest BCUT2D eigenvalue weighted by atomic mass is 10.1. The van der Waals surface area contributed by atoms with Gasteiger partial charge in [0, 0.05) is 51.0 Å². The van der Waals surface area contributed by atoms with Crippen molar-refractivity contribution in [2.24, 2.45) is 9.98 Å². The molecule has 0 spiro atoms. The number of rotatable bonds is 23. The van der Waals surface area contributed by atoms with E-state index in [1.54, 1.807) is 0 Å². The summed E-state index contributed by atoms with van der Waals surface area (Å²) in [5.74, 6) is 0. The topological polar surface area (TPSA) is 34.6 Å². The third kappa shape index (κ3) is 16.7. The number of hydrogen-bond acceptors (Lipinski definition) is 2. The highest BCUT2D eigenvalue weighted by Gasteiger charge is 1.95. The summed E-state index contributed by atoms with van der Waals surface area (Å²) < 4.78 is 4.62. The molecule has 4 heteroatoms. The molecule has 0 atom stereocenters.